The minimum Gasteiger partial charge on any atom is -0.397 e. The summed E-state index contributed by atoms with van der Waals surface area (Å²) < 4.78 is 0. The number of nitriles is 1. The highest BCUT2D eigenvalue weighted by Gasteiger charge is 2.00. The maximum Gasteiger partial charge on any atom is 0.101 e. The maximum absolute atomic E-state index is 8.72. The Balaban J connectivity index is 2.46. The molecule has 4 heteroatoms. The van der Waals surface area contributed by atoms with Gasteiger partial charge in [-0.3, -0.25) is 9.97 Å². The Morgan fingerprint density at radius 1 is 1.20 bits per heavy atom. The van der Waals surface area contributed by atoms with Gasteiger partial charge < -0.3 is 5.73 Å². The SMILES string of the molecule is N#Cc1cncc(-c2ccc(N)cn2)c1. The van der Waals surface area contributed by atoms with Gasteiger partial charge in [-0.15, -0.1) is 0 Å². The van der Waals surface area contributed by atoms with Crippen molar-refractivity contribution in [1.29, 1.82) is 5.26 Å². The highest BCUT2D eigenvalue weighted by atomic mass is 14.7. The summed E-state index contributed by atoms with van der Waals surface area (Å²) in [5.74, 6) is 0. The summed E-state index contributed by atoms with van der Waals surface area (Å²) in [5, 5.41) is 8.72. The van der Waals surface area contributed by atoms with Gasteiger partial charge in [-0.05, 0) is 18.2 Å². The second kappa shape index (κ2) is 3.76. The number of hydrogen-bond donors (Lipinski definition) is 1. The molecule has 2 aromatic heterocycles. The molecule has 2 aromatic rings. The molecule has 0 atom stereocenters. The van der Waals surface area contributed by atoms with Crippen molar-refractivity contribution in [2.45, 2.75) is 0 Å². The van der Waals surface area contributed by atoms with Crippen LogP contribution in [0.1, 0.15) is 5.56 Å². The minimum absolute atomic E-state index is 0.520. The van der Waals surface area contributed by atoms with Crippen LogP contribution >= 0.6 is 0 Å². The predicted octanol–water partition coefficient (Wildman–Crippen LogP) is 1.60. The van der Waals surface area contributed by atoms with E-state index >= 15 is 0 Å². The van der Waals surface area contributed by atoms with E-state index in [0.717, 1.165) is 11.3 Å². The van der Waals surface area contributed by atoms with E-state index in [2.05, 4.69) is 9.97 Å². The van der Waals surface area contributed by atoms with Crippen LogP contribution in [-0.2, 0) is 0 Å². The first kappa shape index (κ1) is 9.16. The van der Waals surface area contributed by atoms with Gasteiger partial charge in [0, 0.05) is 18.0 Å². The van der Waals surface area contributed by atoms with Gasteiger partial charge in [0.15, 0.2) is 0 Å². The van der Waals surface area contributed by atoms with E-state index in [-0.39, 0.29) is 0 Å². The molecular formula is C11H8N4. The Bertz CT molecular complexity index is 511. The van der Waals surface area contributed by atoms with Crippen LogP contribution in [0.5, 0.6) is 0 Å². The van der Waals surface area contributed by atoms with Crippen molar-refractivity contribution < 1.29 is 0 Å². The number of pyridine rings is 2. The average Bonchev–Trinajstić information content (AvgIpc) is 2.30. The van der Waals surface area contributed by atoms with E-state index < -0.39 is 0 Å². The molecule has 0 unspecified atom stereocenters. The lowest BCUT2D eigenvalue weighted by Gasteiger charge is -2.00. The van der Waals surface area contributed by atoms with Crippen molar-refractivity contribution in [3.63, 3.8) is 0 Å². The largest absolute Gasteiger partial charge is 0.397 e. The summed E-state index contributed by atoms with van der Waals surface area (Å²) in [6, 6.07) is 7.34. The Hall–Kier alpha value is -2.41. The third-order valence-corrected chi connectivity index (χ3v) is 1.95. The van der Waals surface area contributed by atoms with Crippen LogP contribution in [0, 0.1) is 11.3 Å². The van der Waals surface area contributed by atoms with Crippen LogP contribution in [-0.4, -0.2) is 9.97 Å². The molecule has 0 aliphatic carbocycles. The smallest absolute Gasteiger partial charge is 0.101 e. The lowest BCUT2D eigenvalue weighted by Crippen LogP contribution is -1.89. The van der Waals surface area contributed by atoms with Crippen molar-refractivity contribution in [2.75, 3.05) is 5.73 Å². The van der Waals surface area contributed by atoms with E-state index in [1.54, 1.807) is 30.6 Å². The summed E-state index contributed by atoms with van der Waals surface area (Å²) in [4.78, 5) is 8.11. The van der Waals surface area contributed by atoms with Gasteiger partial charge >= 0.3 is 0 Å². The standard InChI is InChI=1S/C11H8N4/c12-4-8-3-9(6-14-5-8)11-2-1-10(13)7-15-11/h1-3,5-7H,13H2. The Labute approximate surface area is 87.0 Å². The third kappa shape index (κ3) is 1.92. The fourth-order valence-electron chi connectivity index (χ4n) is 1.22. The first-order chi connectivity index (χ1) is 7.29. The molecule has 2 rings (SSSR count). The number of aromatic nitrogens is 2. The predicted molar refractivity (Wildman–Crippen MR) is 56.6 cm³/mol. The van der Waals surface area contributed by atoms with Gasteiger partial charge in [0.25, 0.3) is 0 Å². The number of nitrogen functional groups attached to an aromatic ring is 1. The molecule has 0 radical (unpaired) electrons. The van der Waals surface area contributed by atoms with Crippen LogP contribution < -0.4 is 5.73 Å². The normalized spacial score (nSPS) is 9.53. The van der Waals surface area contributed by atoms with E-state index in [0.29, 0.717) is 11.3 Å². The highest BCUT2D eigenvalue weighted by Crippen LogP contribution is 2.17. The number of nitrogens with two attached hydrogens (primary N) is 1. The average molecular weight is 196 g/mol. The van der Waals surface area contributed by atoms with Crippen molar-refractivity contribution in [1.82, 2.24) is 9.97 Å². The van der Waals surface area contributed by atoms with Crippen LogP contribution in [0.2, 0.25) is 0 Å². The molecule has 2 heterocycles. The van der Waals surface area contributed by atoms with Crippen LogP contribution in [0.4, 0.5) is 5.69 Å². The molecule has 0 fully saturated rings. The van der Waals surface area contributed by atoms with Gasteiger partial charge in [-0.2, -0.15) is 5.26 Å². The van der Waals surface area contributed by atoms with E-state index in [1.165, 1.54) is 6.20 Å². The second-order valence-corrected chi connectivity index (χ2v) is 3.05. The second-order valence-electron chi connectivity index (χ2n) is 3.05. The van der Waals surface area contributed by atoms with E-state index in [9.17, 15) is 0 Å². The zero-order valence-electron chi connectivity index (χ0n) is 7.88. The Morgan fingerprint density at radius 2 is 2.07 bits per heavy atom. The quantitative estimate of drug-likeness (QED) is 0.751. The summed E-state index contributed by atoms with van der Waals surface area (Å²) >= 11 is 0. The van der Waals surface area contributed by atoms with Gasteiger partial charge in [0.1, 0.15) is 6.07 Å². The molecule has 15 heavy (non-hydrogen) atoms. The van der Waals surface area contributed by atoms with E-state index in [4.69, 9.17) is 11.0 Å². The van der Waals surface area contributed by atoms with Gasteiger partial charge in [-0.1, -0.05) is 0 Å². The molecule has 0 amide bonds. The van der Waals surface area contributed by atoms with Crippen LogP contribution in [0.15, 0.2) is 36.8 Å². The molecule has 0 aliphatic heterocycles. The molecule has 0 saturated heterocycles. The molecule has 2 N–H and O–H groups in total. The summed E-state index contributed by atoms with van der Waals surface area (Å²) in [7, 11) is 0. The monoisotopic (exact) mass is 196 g/mol. The number of hydrogen-bond acceptors (Lipinski definition) is 4. The Kier molecular flexibility index (Phi) is 2.30. The van der Waals surface area contributed by atoms with E-state index in [1.807, 2.05) is 6.07 Å². The third-order valence-electron chi connectivity index (χ3n) is 1.95. The molecule has 0 bridgehead atoms. The topological polar surface area (TPSA) is 75.6 Å². The highest BCUT2D eigenvalue weighted by molar-refractivity contribution is 5.61. The summed E-state index contributed by atoms with van der Waals surface area (Å²) in [6.45, 7) is 0. The van der Waals surface area contributed by atoms with Crippen molar-refractivity contribution >= 4 is 5.69 Å². The lowest BCUT2D eigenvalue weighted by molar-refractivity contribution is 1.26. The minimum atomic E-state index is 0.520. The fourth-order valence-corrected chi connectivity index (χ4v) is 1.22. The Morgan fingerprint density at radius 3 is 2.73 bits per heavy atom. The van der Waals surface area contributed by atoms with Crippen molar-refractivity contribution in [3.05, 3.63) is 42.4 Å². The molecule has 0 aromatic carbocycles. The molecular weight excluding hydrogens is 188 g/mol. The van der Waals surface area contributed by atoms with Crippen LogP contribution in [0.3, 0.4) is 0 Å². The van der Waals surface area contributed by atoms with Crippen LogP contribution in [0.25, 0.3) is 11.3 Å². The fraction of sp³-hybridized carbons (Fsp3) is 0. The van der Waals surface area contributed by atoms with Gasteiger partial charge in [0.05, 0.1) is 23.1 Å². The summed E-state index contributed by atoms with van der Waals surface area (Å²) in [5.41, 5.74) is 8.24. The zero-order valence-corrected chi connectivity index (χ0v) is 7.88. The lowest BCUT2D eigenvalue weighted by atomic mass is 10.1. The molecule has 4 nitrogen and oxygen atoms in total. The molecule has 0 saturated carbocycles. The zero-order chi connectivity index (χ0) is 10.7. The maximum atomic E-state index is 8.72. The van der Waals surface area contributed by atoms with Gasteiger partial charge in [-0.25, -0.2) is 0 Å². The van der Waals surface area contributed by atoms with Crippen molar-refractivity contribution in [3.8, 4) is 17.3 Å². The first-order valence-corrected chi connectivity index (χ1v) is 4.36. The molecule has 72 valence electrons. The number of anilines is 1. The molecule has 0 spiro atoms. The number of nitrogens with zero attached hydrogens (tertiary/aromatic N) is 3. The number of rotatable bonds is 1. The summed E-state index contributed by atoms with van der Waals surface area (Å²) in [6.07, 6.45) is 4.76. The first-order valence-electron chi connectivity index (χ1n) is 4.36. The van der Waals surface area contributed by atoms with Crippen molar-refractivity contribution in [2.24, 2.45) is 0 Å². The van der Waals surface area contributed by atoms with Gasteiger partial charge in [0.2, 0.25) is 0 Å². The molecule has 0 aliphatic rings.